The molecule has 1 aliphatic heterocycles. The van der Waals surface area contributed by atoms with Crippen LogP contribution in [0, 0.1) is 11.8 Å². The van der Waals surface area contributed by atoms with Gasteiger partial charge in [0.25, 0.3) is 0 Å². The minimum absolute atomic E-state index is 0.0121. The van der Waals surface area contributed by atoms with E-state index in [9.17, 15) is 14.7 Å². The van der Waals surface area contributed by atoms with Gasteiger partial charge in [-0.15, -0.1) is 11.3 Å². The Balaban J connectivity index is 1.63. The number of carboxylic acid groups (broad SMARTS) is 1. The van der Waals surface area contributed by atoms with Crippen LogP contribution in [0.3, 0.4) is 0 Å². The second kappa shape index (κ2) is 10.7. The summed E-state index contributed by atoms with van der Waals surface area (Å²) in [6, 6.07) is 1.96. The van der Waals surface area contributed by atoms with Gasteiger partial charge in [-0.3, -0.25) is 4.79 Å². The summed E-state index contributed by atoms with van der Waals surface area (Å²) in [5, 5.41) is 10.1. The minimum Gasteiger partial charge on any atom is -0.477 e. The lowest BCUT2D eigenvalue weighted by Crippen LogP contribution is -2.48. The zero-order valence-electron chi connectivity index (χ0n) is 21.8. The fraction of sp³-hybridized carbons (Fsp3) is 0.714. The molecular weight excluding hydrogens is 462 g/mol. The summed E-state index contributed by atoms with van der Waals surface area (Å²) in [6.45, 7) is 12.0. The number of carbonyl (C=O) groups excluding carboxylic acids is 1. The van der Waals surface area contributed by atoms with E-state index in [2.05, 4.69) is 40.7 Å². The average Bonchev–Trinajstić information content (AvgIpc) is 3.45. The van der Waals surface area contributed by atoms with E-state index in [0.717, 1.165) is 56.4 Å². The molecule has 1 unspecified atom stereocenters. The van der Waals surface area contributed by atoms with Crippen molar-refractivity contribution >= 4 is 28.9 Å². The maximum atomic E-state index is 14.2. The van der Waals surface area contributed by atoms with Crippen molar-refractivity contribution in [3.63, 3.8) is 0 Å². The van der Waals surface area contributed by atoms with Crippen molar-refractivity contribution in [2.45, 2.75) is 103 Å². The van der Waals surface area contributed by atoms with Crippen molar-refractivity contribution in [2.24, 2.45) is 11.8 Å². The first-order valence-electron chi connectivity index (χ1n) is 13.1. The van der Waals surface area contributed by atoms with E-state index in [0.29, 0.717) is 12.3 Å². The first kappa shape index (κ1) is 26.4. The molecule has 3 aliphatic rings. The Morgan fingerprint density at radius 2 is 1.86 bits per heavy atom. The van der Waals surface area contributed by atoms with Crippen LogP contribution in [0.2, 0.25) is 0 Å². The first-order chi connectivity index (χ1) is 16.5. The molecule has 0 radical (unpaired) electrons. The quantitative estimate of drug-likeness (QED) is 0.469. The summed E-state index contributed by atoms with van der Waals surface area (Å²) in [5.41, 5.74) is 1.73. The lowest BCUT2D eigenvalue weighted by atomic mass is 9.79. The van der Waals surface area contributed by atoms with Gasteiger partial charge in [0.2, 0.25) is 5.91 Å². The van der Waals surface area contributed by atoms with Gasteiger partial charge in [0.05, 0.1) is 24.5 Å². The third-order valence-electron chi connectivity index (χ3n) is 7.79. The van der Waals surface area contributed by atoms with Crippen molar-refractivity contribution in [3.05, 3.63) is 27.5 Å². The molecule has 1 N–H and O–H groups in total. The predicted octanol–water partition coefficient (Wildman–Crippen LogP) is 6.19. The van der Waals surface area contributed by atoms with Gasteiger partial charge in [0.1, 0.15) is 4.88 Å². The van der Waals surface area contributed by atoms with Gasteiger partial charge in [-0.05, 0) is 69.3 Å². The number of ether oxygens (including phenoxy) is 2. The molecule has 2 heterocycles. The smallest absolute Gasteiger partial charge is 0.348 e. The fourth-order valence-electron chi connectivity index (χ4n) is 5.73. The third-order valence-corrected chi connectivity index (χ3v) is 9.33. The van der Waals surface area contributed by atoms with Gasteiger partial charge < -0.3 is 19.5 Å². The molecule has 1 aromatic heterocycles. The molecule has 0 spiro atoms. The normalized spacial score (nSPS) is 29.6. The molecule has 1 saturated heterocycles. The second-order valence-corrected chi connectivity index (χ2v) is 12.8. The van der Waals surface area contributed by atoms with E-state index >= 15 is 0 Å². The van der Waals surface area contributed by atoms with Crippen LogP contribution in [0.5, 0.6) is 0 Å². The number of allylic oxidation sites excluding steroid dienone is 2. The maximum Gasteiger partial charge on any atom is 0.348 e. The Kier molecular flexibility index (Phi) is 8.08. The van der Waals surface area contributed by atoms with E-state index in [-0.39, 0.29) is 46.3 Å². The molecule has 4 rings (SSSR count). The number of thiophene rings is 1. The molecule has 0 aromatic carbocycles. The number of amides is 1. The van der Waals surface area contributed by atoms with Gasteiger partial charge in [-0.1, -0.05) is 39.3 Å². The summed E-state index contributed by atoms with van der Waals surface area (Å²) < 4.78 is 11.7. The number of rotatable bonds is 6. The summed E-state index contributed by atoms with van der Waals surface area (Å²) in [5.74, 6) is -0.756. The third kappa shape index (κ3) is 6.00. The van der Waals surface area contributed by atoms with Gasteiger partial charge in [-0.2, -0.15) is 0 Å². The number of hydrogen-bond acceptors (Lipinski definition) is 5. The highest BCUT2D eigenvalue weighted by Gasteiger charge is 2.39. The summed E-state index contributed by atoms with van der Waals surface area (Å²) >= 11 is 1.31. The summed E-state index contributed by atoms with van der Waals surface area (Å²) in [7, 11) is 0. The van der Waals surface area contributed by atoms with Gasteiger partial charge in [0, 0.05) is 23.4 Å². The maximum absolute atomic E-state index is 14.2. The summed E-state index contributed by atoms with van der Waals surface area (Å²) in [4.78, 5) is 29.7. The molecule has 35 heavy (non-hydrogen) atoms. The van der Waals surface area contributed by atoms with E-state index in [1.807, 2.05) is 11.0 Å². The van der Waals surface area contributed by atoms with Crippen molar-refractivity contribution in [1.29, 1.82) is 0 Å². The van der Waals surface area contributed by atoms with Crippen LogP contribution >= 0.6 is 11.3 Å². The minimum atomic E-state index is -0.955. The predicted molar refractivity (Wildman–Crippen MR) is 139 cm³/mol. The fourth-order valence-corrected chi connectivity index (χ4v) is 6.77. The zero-order chi connectivity index (χ0) is 25.3. The molecule has 1 amide bonds. The van der Waals surface area contributed by atoms with Crippen LogP contribution in [0.4, 0.5) is 5.69 Å². The number of carbonyl (C=O) groups is 2. The molecule has 1 aromatic rings. The Hall–Kier alpha value is -1.70. The topological polar surface area (TPSA) is 76.1 Å². The highest BCUT2D eigenvalue weighted by Crippen LogP contribution is 2.42. The molecule has 2 aliphatic carbocycles. The molecule has 0 bridgehead atoms. The van der Waals surface area contributed by atoms with Crippen LogP contribution in [-0.4, -0.2) is 48.4 Å². The van der Waals surface area contributed by atoms with E-state index < -0.39 is 5.97 Å². The number of hydrogen-bond donors (Lipinski definition) is 1. The van der Waals surface area contributed by atoms with Crippen LogP contribution in [0.15, 0.2) is 17.7 Å². The Bertz CT molecular complexity index is 947. The molecule has 2 fully saturated rings. The van der Waals surface area contributed by atoms with Gasteiger partial charge in [-0.25, -0.2) is 4.79 Å². The molecule has 1 saturated carbocycles. The lowest BCUT2D eigenvalue weighted by molar-refractivity contribution is -0.124. The Morgan fingerprint density at radius 3 is 2.43 bits per heavy atom. The van der Waals surface area contributed by atoms with Crippen LogP contribution in [0.1, 0.15) is 94.1 Å². The molecular formula is C28H41NO5S. The Labute approximate surface area is 213 Å². The van der Waals surface area contributed by atoms with Crippen molar-refractivity contribution < 1.29 is 24.2 Å². The number of aromatic carboxylic acids is 1. The average molecular weight is 504 g/mol. The van der Waals surface area contributed by atoms with Crippen molar-refractivity contribution in [3.8, 4) is 0 Å². The standard InChI is InChI=1S/C28H41NO5S/c1-17-6-11-22(18(2)14-17)26(30)29(23-15-24(28(3,4)5)35-25(23)27(31)32)19-7-9-20(10-8-19)34-21-12-13-33-16-21/h6,15,18-22H,7-14,16H2,1-5H3,(H,31,32)/t18-,19?,20?,21+,22?/m0/s1. The second-order valence-electron chi connectivity index (χ2n) is 11.7. The van der Waals surface area contributed by atoms with E-state index in [4.69, 9.17) is 9.47 Å². The van der Waals surface area contributed by atoms with Crippen molar-refractivity contribution in [2.75, 3.05) is 18.1 Å². The lowest BCUT2D eigenvalue weighted by Gasteiger charge is -2.40. The molecule has 6 nitrogen and oxygen atoms in total. The highest BCUT2D eigenvalue weighted by molar-refractivity contribution is 7.14. The van der Waals surface area contributed by atoms with Crippen LogP contribution in [-0.2, 0) is 19.7 Å². The van der Waals surface area contributed by atoms with E-state index in [1.54, 1.807) is 0 Å². The molecule has 7 heteroatoms. The summed E-state index contributed by atoms with van der Waals surface area (Å²) in [6.07, 6.45) is 8.52. The van der Waals surface area contributed by atoms with E-state index in [1.165, 1.54) is 16.9 Å². The van der Waals surface area contributed by atoms with Gasteiger partial charge >= 0.3 is 5.97 Å². The van der Waals surface area contributed by atoms with Gasteiger partial charge in [0.15, 0.2) is 0 Å². The number of nitrogens with zero attached hydrogens (tertiary/aromatic N) is 1. The first-order valence-corrected chi connectivity index (χ1v) is 14.0. The zero-order valence-corrected chi connectivity index (χ0v) is 22.7. The number of carboxylic acids is 1. The molecule has 3 atom stereocenters. The SMILES string of the molecule is CC1=CCC(C(=O)N(c2cc(C(C)(C)C)sc2C(=O)O)C2CCC(O[C@@H]3CCOC3)CC2)[C@@H](C)C1. The highest BCUT2D eigenvalue weighted by atomic mass is 32.1. The van der Waals surface area contributed by atoms with Crippen LogP contribution < -0.4 is 4.90 Å². The number of anilines is 1. The van der Waals surface area contributed by atoms with Crippen molar-refractivity contribution in [1.82, 2.24) is 0 Å². The Morgan fingerprint density at radius 1 is 1.14 bits per heavy atom. The van der Waals surface area contributed by atoms with Crippen LogP contribution in [0.25, 0.3) is 0 Å². The monoisotopic (exact) mass is 503 g/mol. The molecule has 194 valence electrons. The largest absolute Gasteiger partial charge is 0.477 e.